The number of aromatic nitrogens is 2. The Morgan fingerprint density at radius 1 is 1.50 bits per heavy atom. The first kappa shape index (κ1) is 12.2. The van der Waals surface area contributed by atoms with Gasteiger partial charge in [0, 0.05) is 19.1 Å². The summed E-state index contributed by atoms with van der Waals surface area (Å²) < 4.78 is 0. The molecule has 0 bridgehead atoms. The molecule has 98 valence electrons. The van der Waals surface area contributed by atoms with Crippen molar-refractivity contribution >= 4 is 17.7 Å². The van der Waals surface area contributed by atoms with E-state index in [9.17, 15) is 9.59 Å². The van der Waals surface area contributed by atoms with E-state index in [0.29, 0.717) is 31.6 Å². The maximum Gasteiger partial charge on any atom is 0.407 e. The number of hydrogen-bond acceptors (Lipinski definition) is 4. The van der Waals surface area contributed by atoms with Crippen LogP contribution in [0, 0.1) is 0 Å². The van der Waals surface area contributed by atoms with Crippen molar-refractivity contribution < 1.29 is 14.7 Å². The smallest absolute Gasteiger partial charge is 0.407 e. The highest BCUT2D eigenvalue weighted by atomic mass is 16.4. The Labute approximate surface area is 103 Å². The summed E-state index contributed by atoms with van der Waals surface area (Å²) in [5.41, 5.74) is 6.12. The van der Waals surface area contributed by atoms with E-state index in [1.165, 1.54) is 11.1 Å². The molecule has 0 unspecified atom stereocenters. The number of carbonyl (C=O) groups is 2. The summed E-state index contributed by atoms with van der Waals surface area (Å²) in [6, 6.07) is -0.0317. The van der Waals surface area contributed by atoms with Crippen LogP contribution >= 0.6 is 0 Å². The highest BCUT2D eigenvalue weighted by molar-refractivity contribution is 5.97. The Morgan fingerprint density at radius 2 is 2.17 bits per heavy atom. The summed E-state index contributed by atoms with van der Waals surface area (Å²) in [6.07, 6.45) is 1.66. The minimum absolute atomic E-state index is 0.0317. The number of carboxylic acid groups (broad SMARTS) is 1. The predicted molar refractivity (Wildman–Crippen MR) is 63.1 cm³/mol. The SMILES string of the molecule is Nc1cn[nH]c1C(=O)NC1CCN(C(=O)O)CC1. The zero-order chi connectivity index (χ0) is 13.1. The molecule has 1 aromatic heterocycles. The molecule has 1 aliphatic heterocycles. The monoisotopic (exact) mass is 253 g/mol. The molecule has 1 fully saturated rings. The average Bonchev–Trinajstić information content (AvgIpc) is 2.76. The minimum atomic E-state index is -0.919. The summed E-state index contributed by atoms with van der Waals surface area (Å²) in [4.78, 5) is 23.9. The number of hydrogen-bond donors (Lipinski definition) is 4. The van der Waals surface area contributed by atoms with Gasteiger partial charge in [0.2, 0.25) is 0 Å². The van der Waals surface area contributed by atoms with E-state index in [-0.39, 0.29) is 17.6 Å². The van der Waals surface area contributed by atoms with Crippen LogP contribution in [0.5, 0.6) is 0 Å². The minimum Gasteiger partial charge on any atom is -0.465 e. The van der Waals surface area contributed by atoms with Gasteiger partial charge in [-0.2, -0.15) is 5.10 Å². The van der Waals surface area contributed by atoms with Crippen LogP contribution in [0.2, 0.25) is 0 Å². The fourth-order valence-corrected chi connectivity index (χ4v) is 1.95. The number of rotatable bonds is 2. The van der Waals surface area contributed by atoms with Gasteiger partial charge in [-0.1, -0.05) is 0 Å². The van der Waals surface area contributed by atoms with Gasteiger partial charge < -0.3 is 21.1 Å². The lowest BCUT2D eigenvalue weighted by Crippen LogP contribution is -2.46. The van der Waals surface area contributed by atoms with Crippen molar-refractivity contribution in [3.05, 3.63) is 11.9 Å². The van der Waals surface area contributed by atoms with Crippen molar-refractivity contribution in [1.82, 2.24) is 20.4 Å². The van der Waals surface area contributed by atoms with Crippen molar-refractivity contribution in [3.63, 3.8) is 0 Å². The summed E-state index contributed by atoms with van der Waals surface area (Å²) in [5, 5.41) is 17.8. The van der Waals surface area contributed by atoms with E-state index >= 15 is 0 Å². The molecule has 0 atom stereocenters. The molecule has 1 aliphatic rings. The Balaban J connectivity index is 1.87. The lowest BCUT2D eigenvalue weighted by molar-refractivity contribution is 0.0903. The van der Waals surface area contributed by atoms with Crippen LogP contribution in [-0.2, 0) is 0 Å². The zero-order valence-corrected chi connectivity index (χ0v) is 9.72. The summed E-state index contributed by atoms with van der Waals surface area (Å²) in [6.45, 7) is 0.859. The number of nitrogens with zero attached hydrogens (tertiary/aromatic N) is 2. The highest BCUT2D eigenvalue weighted by Crippen LogP contribution is 2.12. The summed E-state index contributed by atoms with van der Waals surface area (Å²) >= 11 is 0. The topological polar surface area (TPSA) is 124 Å². The summed E-state index contributed by atoms with van der Waals surface area (Å²) in [5.74, 6) is -0.307. The van der Waals surface area contributed by atoms with Gasteiger partial charge in [0.25, 0.3) is 5.91 Å². The molecule has 0 saturated carbocycles. The fourth-order valence-electron chi connectivity index (χ4n) is 1.95. The normalized spacial score (nSPS) is 16.6. The molecule has 1 aromatic rings. The number of H-pyrrole nitrogens is 1. The number of likely N-dealkylation sites (tertiary alicyclic amines) is 1. The van der Waals surface area contributed by atoms with Crippen molar-refractivity contribution in [2.75, 3.05) is 18.8 Å². The molecule has 8 nitrogen and oxygen atoms in total. The third kappa shape index (κ3) is 2.53. The Hall–Kier alpha value is -2.25. The molecular formula is C10H15N5O3. The number of nitrogens with one attached hydrogen (secondary N) is 2. The second-order valence-corrected chi connectivity index (χ2v) is 4.22. The van der Waals surface area contributed by atoms with Crippen LogP contribution in [0.25, 0.3) is 0 Å². The number of aromatic amines is 1. The number of carbonyl (C=O) groups excluding carboxylic acids is 1. The fraction of sp³-hybridized carbons (Fsp3) is 0.500. The first-order valence-corrected chi connectivity index (χ1v) is 5.65. The lowest BCUT2D eigenvalue weighted by Gasteiger charge is -2.30. The van der Waals surface area contributed by atoms with Crippen LogP contribution in [0.3, 0.4) is 0 Å². The second kappa shape index (κ2) is 4.94. The zero-order valence-electron chi connectivity index (χ0n) is 9.72. The molecule has 2 heterocycles. The Bertz CT molecular complexity index is 450. The average molecular weight is 253 g/mol. The van der Waals surface area contributed by atoms with Crippen molar-refractivity contribution in [3.8, 4) is 0 Å². The van der Waals surface area contributed by atoms with Crippen LogP contribution in [0.4, 0.5) is 10.5 Å². The van der Waals surface area contributed by atoms with E-state index in [4.69, 9.17) is 10.8 Å². The molecule has 0 aliphatic carbocycles. The molecule has 0 spiro atoms. The van der Waals surface area contributed by atoms with Gasteiger partial charge in [0.1, 0.15) is 5.69 Å². The molecule has 0 aromatic carbocycles. The van der Waals surface area contributed by atoms with Gasteiger partial charge in [-0.25, -0.2) is 4.79 Å². The van der Waals surface area contributed by atoms with Gasteiger partial charge in [0.15, 0.2) is 0 Å². The maximum atomic E-state index is 11.8. The molecule has 2 amide bonds. The summed E-state index contributed by atoms with van der Waals surface area (Å²) in [7, 11) is 0. The van der Waals surface area contributed by atoms with Crippen LogP contribution < -0.4 is 11.1 Å². The first-order valence-electron chi connectivity index (χ1n) is 5.65. The number of piperidine rings is 1. The second-order valence-electron chi connectivity index (χ2n) is 4.22. The first-order chi connectivity index (χ1) is 8.58. The van der Waals surface area contributed by atoms with E-state index in [1.54, 1.807) is 0 Å². The number of anilines is 1. The molecule has 5 N–H and O–H groups in total. The third-order valence-electron chi connectivity index (χ3n) is 3.00. The molecule has 2 rings (SSSR count). The van der Waals surface area contributed by atoms with Crippen LogP contribution in [-0.4, -0.2) is 51.3 Å². The Kier molecular flexibility index (Phi) is 3.35. The van der Waals surface area contributed by atoms with Crippen LogP contribution in [0.15, 0.2) is 6.20 Å². The standard InChI is InChI=1S/C10H15N5O3/c11-7-5-12-14-8(7)9(16)13-6-1-3-15(4-2-6)10(17)18/h5-6H,1-4,11H2,(H,12,14)(H,13,16)(H,17,18). The molecule has 8 heteroatoms. The predicted octanol–water partition coefficient (Wildman–Crippen LogP) is -0.136. The molecular weight excluding hydrogens is 238 g/mol. The van der Waals surface area contributed by atoms with E-state index in [0.717, 1.165) is 0 Å². The maximum absolute atomic E-state index is 11.8. The molecule has 18 heavy (non-hydrogen) atoms. The van der Waals surface area contributed by atoms with Crippen molar-refractivity contribution in [2.24, 2.45) is 0 Å². The number of nitrogens with two attached hydrogens (primary N) is 1. The van der Waals surface area contributed by atoms with Crippen LogP contribution in [0.1, 0.15) is 23.3 Å². The quantitative estimate of drug-likeness (QED) is 0.584. The van der Waals surface area contributed by atoms with Gasteiger partial charge in [-0.05, 0) is 12.8 Å². The van der Waals surface area contributed by atoms with E-state index in [1.807, 2.05) is 0 Å². The lowest BCUT2D eigenvalue weighted by atomic mass is 10.1. The van der Waals surface area contributed by atoms with Crippen molar-refractivity contribution in [2.45, 2.75) is 18.9 Å². The number of nitrogen functional groups attached to an aromatic ring is 1. The van der Waals surface area contributed by atoms with Gasteiger partial charge >= 0.3 is 6.09 Å². The molecule has 0 radical (unpaired) electrons. The number of amides is 2. The highest BCUT2D eigenvalue weighted by Gasteiger charge is 2.24. The largest absolute Gasteiger partial charge is 0.465 e. The van der Waals surface area contributed by atoms with Gasteiger partial charge in [-0.15, -0.1) is 0 Å². The van der Waals surface area contributed by atoms with E-state index in [2.05, 4.69) is 15.5 Å². The van der Waals surface area contributed by atoms with E-state index < -0.39 is 6.09 Å². The Morgan fingerprint density at radius 3 is 2.67 bits per heavy atom. The van der Waals surface area contributed by atoms with Gasteiger partial charge in [0.05, 0.1) is 11.9 Å². The van der Waals surface area contributed by atoms with Crippen molar-refractivity contribution in [1.29, 1.82) is 0 Å². The third-order valence-corrected chi connectivity index (χ3v) is 3.00. The molecule has 1 saturated heterocycles. The van der Waals surface area contributed by atoms with Gasteiger partial charge in [-0.3, -0.25) is 9.89 Å².